The highest BCUT2D eigenvalue weighted by Crippen LogP contribution is 2.30. The smallest absolute Gasteiger partial charge is 0.244 e. The van der Waals surface area contributed by atoms with Gasteiger partial charge in [0.1, 0.15) is 13.2 Å². The molecule has 0 saturated carbocycles. The number of rotatable bonds is 4. The molecule has 124 valence electrons. The summed E-state index contributed by atoms with van der Waals surface area (Å²) in [6.07, 6.45) is 3.01. The van der Waals surface area contributed by atoms with Crippen molar-refractivity contribution < 1.29 is 14.3 Å². The second kappa shape index (κ2) is 7.60. The number of hydrogen-bond acceptors (Lipinski definition) is 3. The van der Waals surface area contributed by atoms with Crippen LogP contribution in [0.5, 0.6) is 11.5 Å². The number of benzene rings is 2. The minimum Gasteiger partial charge on any atom is -0.486 e. The average molecular weight is 364 g/mol. The fourth-order valence-electron chi connectivity index (χ4n) is 2.27. The van der Waals surface area contributed by atoms with Gasteiger partial charge in [0.05, 0.1) is 0 Å². The van der Waals surface area contributed by atoms with Crippen molar-refractivity contribution in [3.63, 3.8) is 0 Å². The summed E-state index contributed by atoms with van der Waals surface area (Å²) in [7, 11) is 0. The van der Waals surface area contributed by atoms with E-state index >= 15 is 0 Å². The Morgan fingerprint density at radius 2 is 1.79 bits per heavy atom. The van der Waals surface area contributed by atoms with Gasteiger partial charge in [-0.1, -0.05) is 35.3 Å². The number of carbonyl (C=O) groups excluding carboxylic acids is 1. The Balaban J connectivity index is 1.60. The highest BCUT2D eigenvalue weighted by molar-refractivity contribution is 6.37. The maximum Gasteiger partial charge on any atom is 0.244 e. The maximum atomic E-state index is 12.0. The van der Waals surface area contributed by atoms with E-state index in [1.54, 1.807) is 24.3 Å². The number of fused-ring (bicyclic) bond motifs is 1. The molecule has 1 aliphatic rings. The van der Waals surface area contributed by atoms with Gasteiger partial charge in [0.25, 0.3) is 0 Å². The third kappa shape index (κ3) is 4.02. The van der Waals surface area contributed by atoms with Gasteiger partial charge in [0, 0.05) is 28.2 Å². The molecule has 0 aliphatic carbocycles. The van der Waals surface area contributed by atoms with Gasteiger partial charge >= 0.3 is 0 Å². The fraction of sp³-hybridized carbons (Fsp3) is 0.167. The van der Waals surface area contributed by atoms with Crippen LogP contribution in [0.25, 0.3) is 6.08 Å². The van der Waals surface area contributed by atoms with Gasteiger partial charge in [0.2, 0.25) is 5.91 Å². The highest BCUT2D eigenvalue weighted by Gasteiger charge is 2.11. The molecule has 0 fully saturated rings. The molecule has 0 atom stereocenters. The molecular formula is C18H15Cl2NO3. The van der Waals surface area contributed by atoms with Gasteiger partial charge in [-0.25, -0.2) is 0 Å². The van der Waals surface area contributed by atoms with Crippen molar-refractivity contribution in [3.05, 3.63) is 63.6 Å². The Morgan fingerprint density at radius 1 is 1.08 bits per heavy atom. The highest BCUT2D eigenvalue weighted by atomic mass is 35.5. The van der Waals surface area contributed by atoms with Crippen molar-refractivity contribution in [2.24, 2.45) is 0 Å². The first-order valence-corrected chi connectivity index (χ1v) is 8.17. The molecule has 0 radical (unpaired) electrons. The number of nitrogens with one attached hydrogen (secondary N) is 1. The summed E-state index contributed by atoms with van der Waals surface area (Å²) in [5.41, 5.74) is 1.55. The van der Waals surface area contributed by atoms with Gasteiger partial charge < -0.3 is 14.8 Å². The summed E-state index contributed by atoms with van der Waals surface area (Å²) in [5, 5.41) is 3.80. The molecule has 0 spiro atoms. The molecule has 1 heterocycles. The first kappa shape index (κ1) is 16.7. The van der Waals surface area contributed by atoms with Crippen molar-refractivity contribution in [2.45, 2.75) is 6.54 Å². The van der Waals surface area contributed by atoms with Crippen LogP contribution in [0.2, 0.25) is 10.0 Å². The Morgan fingerprint density at radius 3 is 2.54 bits per heavy atom. The lowest BCUT2D eigenvalue weighted by Gasteiger charge is -2.18. The topological polar surface area (TPSA) is 47.6 Å². The van der Waals surface area contributed by atoms with Crippen molar-refractivity contribution in [3.8, 4) is 11.5 Å². The number of carbonyl (C=O) groups is 1. The third-order valence-corrected chi connectivity index (χ3v) is 4.13. The first-order chi connectivity index (χ1) is 11.6. The predicted molar refractivity (Wildman–Crippen MR) is 94.8 cm³/mol. The number of hydrogen-bond donors (Lipinski definition) is 1. The second-order valence-electron chi connectivity index (χ2n) is 5.16. The molecule has 6 heteroatoms. The molecule has 1 amide bonds. The monoisotopic (exact) mass is 363 g/mol. The van der Waals surface area contributed by atoms with Gasteiger partial charge in [-0.2, -0.15) is 0 Å². The van der Waals surface area contributed by atoms with Crippen molar-refractivity contribution in [2.75, 3.05) is 13.2 Å². The largest absolute Gasteiger partial charge is 0.486 e. The van der Waals surface area contributed by atoms with E-state index < -0.39 is 0 Å². The minimum atomic E-state index is -0.235. The van der Waals surface area contributed by atoms with Gasteiger partial charge in [-0.3, -0.25) is 4.79 Å². The average Bonchev–Trinajstić information content (AvgIpc) is 2.59. The summed E-state index contributed by atoms with van der Waals surface area (Å²) in [5.74, 6) is 1.19. The molecule has 0 unspecified atom stereocenters. The van der Waals surface area contributed by atoms with E-state index in [0.29, 0.717) is 41.1 Å². The normalized spacial score (nSPS) is 13.1. The fourth-order valence-corrected chi connectivity index (χ4v) is 2.80. The Bertz CT molecular complexity index is 770. The summed E-state index contributed by atoms with van der Waals surface area (Å²) >= 11 is 12.1. The van der Waals surface area contributed by atoms with Crippen LogP contribution >= 0.6 is 23.2 Å². The van der Waals surface area contributed by atoms with Crippen molar-refractivity contribution in [1.29, 1.82) is 0 Å². The van der Waals surface area contributed by atoms with E-state index in [-0.39, 0.29) is 5.91 Å². The van der Waals surface area contributed by atoms with E-state index in [4.69, 9.17) is 32.7 Å². The molecule has 24 heavy (non-hydrogen) atoms. The lowest BCUT2D eigenvalue weighted by atomic mass is 10.2. The molecule has 2 aromatic rings. The SMILES string of the molecule is O=C(/C=C/c1c(Cl)cccc1Cl)NCc1ccc2c(c1)OCCO2. The van der Waals surface area contributed by atoms with Crippen molar-refractivity contribution >= 4 is 35.2 Å². The quantitative estimate of drug-likeness (QED) is 0.832. The minimum absolute atomic E-state index is 0.235. The van der Waals surface area contributed by atoms with E-state index in [2.05, 4.69) is 5.32 Å². The second-order valence-corrected chi connectivity index (χ2v) is 5.98. The Kier molecular flexibility index (Phi) is 5.28. The maximum absolute atomic E-state index is 12.0. The zero-order chi connectivity index (χ0) is 16.9. The zero-order valence-electron chi connectivity index (χ0n) is 12.7. The van der Waals surface area contributed by atoms with Gasteiger partial charge in [-0.15, -0.1) is 0 Å². The van der Waals surface area contributed by atoms with Crippen LogP contribution in [0.15, 0.2) is 42.5 Å². The summed E-state index contributed by atoms with van der Waals surface area (Å²) < 4.78 is 11.0. The van der Waals surface area contributed by atoms with Crippen LogP contribution in [0.3, 0.4) is 0 Å². The number of ether oxygens (including phenoxy) is 2. The standard InChI is InChI=1S/C18H15Cl2NO3/c19-14-2-1-3-15(20)13(14)5-7-18(22)21-11-12-4-6-16-17(10-12)24-9-8-23-16/h1-7,10H,8-9,11H2,(H,21,22)/b7-5+. The molecule has 2 aromatic carbocycles. The molecule has 1 N–H and O–H groups in total. The molecule has 0 saturated heterocycles. The summed E-state index contributed by atoms with van der Waals surface area (Å²) in [4.78, 5) is 12.0. The van der Waals surface area contributed by atoms with Crippen molar-refractivity contribution in [1.82, 2.24) is 5.32 Å². The van der Waals surface area contributed by atoms with E-state index in [9.17, 15) is 4.79 Å². The molecule has 0 aromatic heterocycles. The Hall–Kier alpha value is -2.17. The zero-order valence-corrected chi connectivity index (χ0v) is 14.2. The van der Waals surface area contributed by atoms with Gasteiger partial charge in [-0.05, 0) is 35.9 Å². The van der Waals surface area contributed by atoms with Crippen LogP contribution in [-0.4, -0.2) is 19.1 Å². The van der Waals surface area contributed by atoms with Crippen LogP contribution in [-0.2, 0) is 11.3 Å². The number of amides is 1. The van der Waals surface area contributed by atoms with E-state index in [1.165, 1.54) is 6.08 Å². The first-order valence-electron chi connectivity index (χ1n) is 7.42. The lowest BCUT2D eigenvalue weighted by Crippen LogP contribution is -2.21. The van der Waals surface area contributed by atoms with Crippen LogP contribution in [0.4, 0.5) is 0 Å². The summed E-state index contributed by atoms with van der Waals surface area (Å²) in [6.45, 7) is 1.47. The van der Waals surface area contributed by atoms with E-state index in [0.717, 1.165) is 11.3 Å². The molecule has 1 aliphatic heterocycles. The van der Waals surface area contributed by atoms with Gasteiger partial charge in [0.15, 0.2) is 11.5 Å². The Labute approximate surface area is 150 Å². The molecule has 4 nitrogen and oxygen atoms in total. The van der Waals surface area contributed by atoms with Crippen LogP contribution in [0, 0.1) is 0 Å². The molecular weight excluding hydrogens is 349 g/mol. The van der Waals surface area contributed by atoms with Crippen LogP contribution < -0.4 is 14.8 Å². The third-order valence-electron chi connectivity index (χ3n) is 3.47. The molecule has 3 rings (SSSR count). The summed E-state index contributed by atoms with van der Waals surface area (Å²) in [6, 6.07) is 10.8. The van der Waals surface area contributed by atoms with Crippen LogP contribution in [0.1, 0.15) is 11.1 Å². The lowest BCUT2D eigenvalue weighted by molar-refractivity contribution is -0.116. The predicted octanol–water partition coefficient (Wildman–Crippen LogP) is 4.09. The number of halogens is 2. The van der Waals surface area contributed by atoms with E-state index in [1.807, 2.05) is 18.2 Å². The molecule has 0 bridgehead atoms.